The molecule has 0 spiro atoms. The maximum atomic E-state index is 13.1. The van der Waals surface area contributed by atoms with Gasteiger partial charge in [0.2, 0.25) is 0 Å². The number of rotatable bonds is 5. The first-order valence-electron chi connectivity index (χ1n) is 10.4. The van der Waals surface area contributed by atoms with Crippen molar-refractivity contribution in [1.82, 2.24) is 24.5 Å². The smallest absolute Gasteiger partial charge is 0.291 e. The molecule has 0 aliphatic carbocycles. The predicted molar refractivity (Wildman–Crippen MR) is 122 cm³/mol. The molecule has 0 saturated carbocycles. The summed E-state index contributed by atoms with van der Waals surface area (Å²) in [6.07, 6.45) is -0.707. The summed E-state index contributed by atoms with van der Waals surface area (Å²) in [6, 6.07) is 13.7. The van der Waals surface area contributed by atoms with Gasteiger partial charge in [0.1, 0.15) is 5.52 Å². The fraction of sp³-hybridized carbons (Fsp3) is 0.120. The molecule has 34 heavy (non-hydrogen) atoms. The second-order valence-electron chi connectivity index (χ2n) is 7.94. The Kier molecular flexibility index (Phi) is 5.04. The number of benzene rings is 2. The van der Waals surface area contributed by atoms with Crippen LogP contribution in [-0.4, -0.2) is 30.3 Å². The highest BCUT2D eigenvalue weighted by molar-refractivity contribution is 6.13. The van der Waals surface area contributed by atoms with Crippen LogP contribution in [0.4, 0.5) is 13.2 Å². The van der Waals surface area contributed by atoms with Crippen molar-refractivity contribution in [1.29, 1.82) is 0 Å². The van der Waals surface area contributed by atoms with E-state index < -0.39 is 11.7 Å². The lowest BCUT2D eigenvalue weighted by molar-refractivity contribution is -0.137. The van der Waals surface area contributed by atoms with Gasteiger partial charge in [-0.3, -0.25) is 14.3 Å². The Morgan fingerprint density at radius 3 is 2.38 bits per heavy atom. The van der Waals surface area contributed by atoms with Crippen LogP contribution < -0.4 is 0 Å². The molecule has 5 aromatic rings. The number of Topliss-reactive ketones (excluding diaryl/α,β-unsaturated/α-hetero) is 1. The highest BCUT2D eigenvalue weighted by atomic mass is 19.4. The molecular weight excluding hydrogens is 443 g/mol. The van der Waals surface area contributed by atoms with E-state index in [0.29, 0.717) is 45.3 Å². The number of aromatic nitrogens is 5. The summed E-state index contributed by atoms with van der Waals surface area (Å²) in [5.74, 6) is -0.196. The second kappa shape index (κ2) is 7.95. The zero-order chi connectivity index (χ0) is 24.0. The molecule has 0 aliphatic heterocycles. The largest absolute Gasteiger partial charge is 0.416 e. The van der Waals surface area contributed by atoms with Crippen molar-refractivity contribution >= 4 is 27.9 Å². The molecule has 0 saturated heterocycles. The molecule has 0 atom stereocenters. The molecule has 0 aliphatic rings. The number of alkyl halides is 3. The molecule has 170 valence electrons. The highest BCUT2D eigenvalue weighted by Crippen LogP contribution is 2.33. The highest BCUT2D eigenvalue weighted by Gasteiger charge is 2.30. The third kappa shape index (κ3) is 3.75. The number of aryl methyl sites for hydroxylation is 1. The lowest BCUT2D eigenvalue weighted by Crippen LogP contribution is -2.06. The van der Waals surface area contributed by atoms with Crippen LogP contribution in [0.25, 0.3) is 27.8 Å². The summed E-state index contributed by atoms with van der Waals surface area (Å²) in [4.78, 5) is 18.4. The van der Waals surface area contributed by atoms with Crippen LogP contribution in [0, 0.1) is 0 Å². The maximum Gasteiger partial charge on any atom is 0.416 e. The quantitative estimate of drug-likeness (QED) is 0.263. The lowest BCUT2D eigenvalue weighted by Gasteiger charge is -2.10. The SMILES string of the molecule is C=C(Cc1ccncc1)C(=O)c1ccc2c(c1)c1nn(C)nc1n2-c1ccc(C(F)(F)F)cc1. The minimum absolute atomic E-state index is 0.196. The average molecular weight is 461 g/mol. The zero-order valence-electron chi connectivity index (χ0n) is 18.0. The Hall–Kier alpha value is -4.27. The fourth-order valence-electron chi connectivity index (χ4n) is 3.99. The van der Waals surface area contributed by atoms with Crippen molar-refractivity contribution in [2.75, 3.05) is 0 Å². The molecule has 2 aromatic carbocycles. The number of halogens is 3. The average Bonchev–Trinajstić information content (AvgIpc) is 3.33. The molecule has 0 N–H and O–H groups in total. The number of carbonyl (C=O) groups is 1. The minimum atomic E-state index is -4.42. The van der Waals surface area contributed by atoms with Gasteiger partial charge in [0.15, 0.2) is 11.4 Å². The standard InChI is InChI=1S/C25H18F3N5O/c1-15(13-16-9-11-29-12-10-16)23(34)17-3-8-21-20(14-17)22-24(31-32(2)30-22)33(21)19-6-4-18(5-7-19)25(26,27)28/h3-12,14H,1,13H2,2H3. The monoisotopic (exact) mass is 461 g/mol. The van der Waals surface area contributed by atoms with Crippen LogP contribution in [0.15, 0.2) is 79.1 Å². The number of fused-ring (bicyclic) bond motifs is 3. The van der Waals surface area contributed by atoms with Crippen molar-refractivity contribution in [3.05, 3.63) is 95.8 Å². The number of pyridine rings is 1. The van der Waals surface area contributed by atoms with Crippen molar-refractivity contribution in [3.8, 4) is 5.69 Å². The van der Waals surface area contributed by atoms with Gasteiger partial charge in [-0.25, -0.2) is 0 Å². The number of hydrogen-bond acceptors (Lipinski definition) is 4. The number of ketones is 1. The Morgan fingerprint density at radius 2 is 1.71 bits per heavy atom. The molecule has 3 heterocycles. The summed E-state index contributed by atoms with van der Waals surface area (Å²) in [5.41, 5.74) is 3.30. The molecule has 5 rings (SSSR count). The molecule has 0 amide bonds. The number of hydrogen-bond donors (Lipinski definition) is 0. The van der Waals surface area contributed by atoms with Crippen molar-refractivity contribution < 1.29 is 18.0 Å². The van der Waals surface area contributed by atoms with Gasteiger partial charge in [-0.15, -0.1) is 5.10 Å². The normalized spacial score (nSPS) is 11.9. The van der Waals surface area contributed by atoms with E-state index in [1.165, 1.54) is 16.9 Å². The van der Waals surface area contributed by atoms with Crippen LogP contribution in [0.5, 0.6) is 0 Å². The van der Waals surface area contributed by atoms with Gasteiger partial charge in [-0.1, -0.05) is 6.58 Å². The predicted octanol–water partition coefficient (Wildman–Crippen LogP) is 5.31. The number of carbonyl (C=O) groups excluding carboxylic acids is 1. The van der Waals surface area contributed by atoms with E-state index in [2.05, 4.69) is 21.8 Å². The summed E-state index contributed by atoms with van der Waals surface area (Å²) in [7, 11) is 1.66. The second-order valence-corrected chi connectivity index (χ2v) is 7.94. The van der Waals surface area contributed by atoms with E-state index >= 15 is 0 Å². The molecule has 0 bridgehead atoms. The summed E-state index contributed by atoms with van der Waals surface area (Å²) < 4.78 is 40.8. The Morgan fingerprint density at radius 1 is 1.00 bits per heavy atom. The van der Waals surface area contributed by atoms with Crippen molar-refractivity contribution in [2.45, 2.75) is 12.6 Å². The fourth-order valence-corrected chi connectivity index (χ4v) is 3.99. The van der Waals surface area contributed by atoms with Crippen LogP contribution in [0.3, 0.4) is 0 Å². The van der Waals surface area contributed by atoms with E-state index in [1.54, 1.807) is 42.2 Å². The molecular formula is C25H18F3N5O. The van der Waals surface area contributed by atoms with Crippen LogP contribution >= 0.6 is 0 Å². The van der Waals surface area contributed by atoms with E-state index in [9.17, 15) is 18.0 Å². The third-order valence-corrected chi connectivity index (χ3v) is 5.60. The summed E-state index contributed by atoms with van der Waals surface area (Å²) in [5, 5.41) is 9.49. The first-order chi connectivity index (χ1) is 16.2. The van der Waals surface area contributed by atoms with Gasteiger partial charge < -0.3 is 0 Å². The van der Waals surface area contributed by atoms with E-state index in [-0.39, 0.29) is 5.78 Å². The van der Waals surface area contributed by atoms with Gasteiger partial charge in [0.05, 0.1) is 11.1 Å². The molecule has 0 unspecified atom stereocenters. The zero-order valence-corrected chi connectivity index (χ0v) is 18.0. The first-order valence-corrected chi connectivity index (χ1v) is 10.4. The van der Waals surface area contributed by atoms with E-state index in [1.807, 2.05) is 12.1 Å². The number of allylic oxidation sites excluding steroid dienone is 1. The van der Waals surface area contributed by atoms with Gasteiger partial charge in [-0.2, -0.15) is 23.1 Å². The van der Waals surface area contributed by atoms with Crippen molar-refractivity contribution in [2.24, 2.45) is 7.05 Å². The third-order valence-electron chi connectivity index (χ3n) is 5.60. The first kappa shape index (κ1) is 21.6. The Labute approximate surface area is 192 Å². The Balaban J connectivity index is 1.58. The molecule has 6 nitrogen and oxygen atoms in total. The maximum absolute atomic E-state index is 13.1. The van der Waals surface area contributed by atoms with Crippen molar-refractivity contribution in [3.63, 3.8) is 0 Å². The molecule has 0 radical (unpaired) electrons. The van der Waals surface area contributed by atoms with E-state index in [0.717, 1.165) is 17.7 Å². The number of nitrogens with zero attached hydrogens (tertiary/aromatic N) is 5. The van der Waals surface area contributed by atoms with Crippen LogP contribution in [0.2, 0.25) is 0 Å². The van der Waals surface area contributed by atoms with E-state index in [4.69, 9.17) is 0 Å². The topological polar surface area (TPSA) is 65.6 Å². The summed E-state index contributed by atoms with van der Waals surface area (Å²) >= 11 is 0. The van der Waals surface area contributed by atoms with Crippen LogP contribution in [-0.2, 0) is 19.6 Å². The van der Waals surface area contributed by atoms with Gasteiger partial charge >= 0.3 is 6.18 Å². The minimum Gasteiger partial charge on any atom is -0.291 e. The lowest BCUT2D eigenvalue weighted by atomic mass is 9.98. The molecule has 0 fully saturated rings. The van der Waals surface area contributed by atoms with Crippen LogP contribution in [0.1, 0.15) is 21.5 Å². The molecule has 9 heteroatoms. The molecule has 3 aromatic heterocycles. The van der Waals surface area contributed by atoms with Gasteiger partial charge in [0.25, 0.3) is 0 Å². The van der Waals surface area contributed by atoms with Gasteiger partial charge in [-0.05, 0) is 65.7 Å². The van der Waals surface area contributed by atoms with Gasteiger partial charge in [0, 0.05) is 42.5 Å². The summed E-state index contributed by atoms with van der Waals surface area (Å²) in [6.45, 7) is 3.95. The Bertz CT molecular complexity index is 1550.